The van der Waals surface area contributed by atoms with E-state index >= 15 is 0 Å². The zero-order valence-electron chi connectivity index (χ0n) is 11.4. The van der Waals surface area contributed by atoms with Crippen LogP contribution < -0.4 is 11.3 Å². The van der Waals surface area contributed by atoms with Gasteiger partial charge in [0.1, 0.15) is 0 Å². The third-order valence-electron chi connectivity index (χ3n) is 3.74. The summed E-state index contributed by atoms with van der Waals surface area (Å²) in [5.74, 6) is 5.60. The number of hydrogen-bond donors (Lipinski definition) is 2. The van der Waals surface area contributed by atoms with Gasteiger partial charge in [-0.15, -0.1) is 0 Å². The van der Waals surface area contributed by atoms with E-state index in [1.54, 1.807) is 0 Å². The Labute approximate surface area is 106 Å². The minimum atomic E-state index is 0.508. The quantitative estimate of drug-likeness (QED) is 0.351. The van der Waals surface area contributed by atoms with E-state index in [-0.39, 0.29) is 0 Å². The van der Waals surface area contributed by atoms with Crippen molar-refractivity contribution in [1.29, 1.82) is 0 Å². The number of nitrogens with two attached hydrogens (primary N) is 1. The molecule has 0 bridgehead atoms. The molecular formula is C14H30N2O. The Balaban J connectivity index is 1.97. The lowest BCUT2D eigenvalue weighted by Crippen LogP contribution is -2.35. The van der Waals surface area contributed by atoms with E-state index in [1.165, 1.54) is 64.2 Å². The molecule has 0 saturated carbocycles. The number of ether oxygens (including phenoxy) is 1. The average molecular weight is 242 g/mol. The van der Waals surface area contributed by atoms with Crippen molar-refractivity contribution in [1.82, 2.24) is 5.43 Å². The molecule has 0 radical (unpaired) electrons. The predicted molar refractivity (Wildman–Crippen MR) is 72.7 cm³/mol. The van der Waals surface area contributed by atoms with E-state index in [0.717, 1.165) is 6.61 Å². The highest BCUT2D eigenvalue weighted by molar-refractivity contribution is 4.68. The maximum Gasteiger partial charge on any atom is 0.0576 e. The van der Waals surface area contributed by atoms with Crippen LogP contribution in [-0.2, 0) is 4.74 Å². The molecule has 0 aromatic rings. The van der Waals surface area contributed by atoms with Crippen molar-refractivity contribution in [2.24, 2.45) is 5.84 Å². The summed E-state index contributed by atoms with van der Waals surface area (Å²) in [5, 5.41) is 0. The number of unbranched alkanes of at least 4 members (excludes halogenated alkanes) is 3. The summed E-state index contributed by atoms with van der Waals surface area (Å²) in [4.78, 5) is 0. The molecule has 2 unspecified atom stereocenters. The Hall–Kier alpha value is -0.120. The summed E-state index contributed by atoms with van der Waals surface area (Å²) >= 11 is 0. The highest BCUT2D eigenvalue weighted by Gasteiger charge is 2.15. The van der Waals surface area contributed by atoms with Crippen molar-refractivity contribution in [2.45, 2.75) is 83.3 Å². The highest BCUT2D eigenvalue weighted by atomic mass is 16.5. The summed E-state index contributed by atoms with van der Waals surface area (Å²) in [6, 6.07) is 0.508. The Morgan fingerprint density at radius 2 is 2.06 bits per heavy atom. The Morgan fingerprint density at radius 1 is 1.24 bits per heavy atom. The second-order valence-electron chi connectivity index (χ2n) is 5.28. The predicted octanol–water partition coefficient (Wildman–Crippen LogP) is 3.14. The molecule has 3 heteroatoms. The van der Waals surface area contributed by atoms with Gasteiger partial charge in [-0.1, -0.05) is 32.6 Å². The first-order valence-electron chi connectivity index (χ1n) is 7.44. The monoisotopic (exact) mass is 242 g/mol. The fourth-order valence-corrected chi connectivity index (χ4v) is 2.59. The first-order chi connectivity index (χ1) is 8.36. The van der Waals surface area contributed by atoms with Gasteiger partial charge in [0.15, 0.2) is 0 Å². The van der Waals surface area contributed by atoms with Crippen LogP contribution in [0.3, 0.4) is 0 Å². The van der Waals surface area contributed by atoms with E-state index < -0.39 is 0 Å². The van der Waals surface area contributed by atoms with Gasteiger partial charge in [0.05, 0.1) is 6.10 Å². The fraction of sp³-hybridized carbons (Fsp3) is 1.00. The molecule has 1 fully saturated rings. The van der Waals surface area contributed by atoms with Crippen molar-refractivity contribution in [2.75, 3.05) is 6.61 Å². The van der Waals surface area contributed by atoms with Gasteiger partial charge in [0, 0.05) is 12.6 Å². The van der Waals surface area contributed by atoms with Crippen LogP contribution in [0.1, 0.15) is 71.1 Å². The van der Waals surface area contributed by atoms with Crippen LogP contribution in [0, 0.1) is 0 Å². The molecule has 1 aliphatic heterocycles. The Morgan fingerprint density at radius 3 is 2.71 bits per heavy atom. The number of rotatable bonds is 10. The minimum absolute atomic E-state index is 0.508. The maximum atomic E-state index is 5.63. The normalized spacial score (nSPS) is 21.9. The first-order valence-corrected chi connectivity index (χ1v) is 7.44. The lowest BCUT2D eigenvalue weighted by atomic mass is 10.0. The van der Waals surface area contributed by atoms with Crippen LogP contribution in [-0.4, -0.2) is 18.8 Å². The van der Waals surface area contributed by atoms with Crippen LogP contribution in [0.25, 0.3) is 0 Å². The van der Waals surface area contributed by atoms with Crippen LogP contribution >= 0.6 is 0 Å². The summed E-state index contributed by atoms with van der Waals surface area (Å²) in [6.07, 6.45) is 13.2. The molecule has 102 valence electrons. The van der Waals surface area contributed by atoms with Gasteiger partial charge in [0.2, 0.25) is 0 Å². The van der Waals surface area contributed by atoms with E-state index in [4.69, 9.17) is 10.6 Å². The van der Waals surface area contributed by atoms with Gasteiger partial charge >= 0.3 is 0 Å². The van der Waals surface area contributed by atoms with Crippen molar-refractivity contribution in [3.05, 3.63) is 0 Å². The maximum absolute atomic E-state index is 5.63. The number of hydrogen-bond acceptors (Lipinski definition) is 3. The molecule has 17 heavy (non-hydrogen) atoms. The van der Waals surface area contributed by atoms with Crippen LogP contribution in [0.5, 0.6) is 0 Å². The van der Waals surface area contributed by atoms with Crippen LogP contribution in [0.15, 0.2) is 0 Å². The second-order valence-corrected chi connectivity index (χ2v) is 5.28. The van der Waals surface area contributed by atoms with E-state index in [1.807, 2.05) is 0 Å². The molecule has 0 aromatic carbocycles. The van der Waals surface area contributed by atoms with Gasteiger partial charge in [-0.2, -0.15) is 0 Å². The van der Waals surface area contributed by atoms with Crippen LogP contribution in [0.4, 0.5) is 0 Å². The molecule has 1 rings (SSSR count). The smallest absolute Gasteiger partial charge is 0.0576 e. The van der Waals surface area contributed by atoms with Crippen molar-refractivity contribution in [3.63, 3.8) is 0 Å². The molecule has 3 N–H and O–H groups in total. The third-order valence-corrected chi connectivity index (χ3v) is 3.74. The van der Waals surface area contributed by atoms with Gasteiger partial charge < -0.3 is 4.74 Å². The number of hydrazine groups is 1. The summed E-state index contributed by atoms with van der Waals surface area (Å²) in [6.45, 7) is 3.22. The highest BCUT2D eigenvalue weighted by Crippen LogP contribution is 2.19. The second kappa shape index (κ2) is 9.86. The molecule has 0 spiro atoms. The minimum Gasteiger partial charge on any atom is -0.378 e. The largest absolute Gasteiger partial charge is 0.378 e. The molecule has 0 amide bonds. The molecular weight excluding hydrogens is 212 g/mol. The zero-order chi connectivity index (χ0) is 12.3. The topological polar surface area (TPSA) is 47.3 Å². The van der Waals surface area contributed by atoms with Gasteiger partial charge in [-0.25, -0.2) is 0 Å². The van der Waals surface area contributed by atoms with Crippen molar-refractivity contribution >= 4 is 0 Å². The summed E-state index contributed by atoms with van der Waals surface area (Å²) in [5.41, 5.74) is 2.96. The zero-order valence-corrected chi connectivity index (χ0v) is 11.4. The molecule has 1 heterocycles. The van der Waals surface area contributed by atoms with E-state index in [2.05, 4.69) is 12.3 Å². The van der Waals surface area contributed by atoms with Crippen molar-refractivity contribution < 1.29 is 4.74 Å². The molecule has 1 aliphatic rings. The molecule has 3 nitrogen and oxygen atoms in total. The average Bonchev–Trinajstić information content (AvgIpc) is 2.85. The molecule has 0 aromatic heterocycles. The first kappa shape index (κ1) is 14.9. The molecule has 0 aliphatic carbocycles. The number of nitrogens with one attached hydrogen (secondary N) is 1. The van der Waals surface area contributed by atoms with Crippen molar-refractivity contribution in [3.8, 4) is 0 Å². The molecule has 2 atom stereocenters. The lowest BCUT2D eigenvalue weighted by molar-refractivity contribution is 0.101. The van der Waals surface area contributed by atoms with Crippen LogP contribution in [0.2, 0.25) is 0 Å². The lowest BCUT2D eigenvalue weighted by Gasteiger charge is -2.16. The molecule has 1 saturated heterocycles. The third kappa shape index (κ3) is 7.02. The van der Waals surface area contributed by atoms with Gasteiger partial charge in [-0.3, -0.25) is 11.3 Å². The Kier molecular flexibility index (Phi) is 8.67. The summed E-state index contributed by atoms with van der Waals surface area (Å²) < 4.78 is 5.63. The van der Waals surface area contributed by atoms with E-state index in [9.17, 15) is 0 Å². The van der Waals surface area contributed by atoms with Gasteiger partial charge in [-0.05, 0) is 38.5 Å². The standard InChI is InChI=1S/C14H30N2O/c1-2-3-4-5-8-13(16-15)9-6-10-14-11-7-12-17-14/h13-14,16H,2-12,15H2,1H3. The fourth-order valence-electron chi connectivity index (χ4n) is 2.59. The Bertz CT molecular complexity index is 170. The van der Waals surface area contributed by atoms with E-state index in [0.29, 0.717) is 12.1 Å². The summed E-state index contributed by atoms with van der Waals surface area (Å²) in [7, 11) is 0. The SMILES string of the molecule is CCCCCCC(CCCC1CCCO1)NN. The van der Waals surface area contributed by atoms with Gasteiger partial charge in [0.25, 0.3) is 0 Å².